The van der Waals surface area contributed by atoms with E-state index in [2.05, 4.69) is 6.92 Å². The fourth-order valence-corrected chi connectivity index (χ4v) is 2.19. The van der Waals surface area contributed by atoms with Gasteiger partial charge in [-0.25, -0.2) is 0 Å². The molecule has 2 N–H and O–H groups in total. The van der Waals surface area contributed by atoms with E-state index >= 15 is 0 Å². The van der Waals surface area contributed by atoms with Crippen molar-refractivity contribution in [1.82, 2.24) is 0 Å². The van der Waals surface area contributed by atoms with Crippen LogP contribution in [0.15, 0.2) is 18.2 Å². The van der Waals surface area contributed by atoms with Crippen LogP contribution in [0.5, 0.6) is 0 Å². The predicted molar refractivity (Wildman–Crippen MR) is 78.3 cm³/mol. The number of hydrogen-bond acceptors (Lipinski definition) is 2. The first-order chi connectivity index (χ1) is 8.38. The van der Waals surface area contributed by atoms with Crippen LogP contribution in [-0.4, -0.2) is 16.8 Å². The summed E-state index contributed by atoms with van der Waals surface area (Å²) >= 11 is 11.9. The van der Waals surface area contributed by atoms with Gasteiger partial charge in [0.2, 0.25) is 0 Å². The summed E-state index contributed by atoms with van der Waals surface area (Å²) in [6.45, 7) is 5.82. The van der Waals surface area contributed by atoms with E-state index in [1.807, 2.05) is 0 Å². The Morgan fingerprint density at radius 1 is 1.22 bits per heavy atom. The molecule has 1 unspecified atom stereocenters. The Kier molecular flexibility index (Phi) is 8.62. The summed E-state index contributed by atoms with van der Waals surface area (Å²) < 4.78 is 0. The highest BCUT2D eigenvalue weighted by Crippen LogP contribution is 2.33. The van der Waals surface area contributed by atoms with Gasteiger partial charge < -0.3 is 10.2 Å². The van der Waals surface area contributed by atoms with Gasteiger partial charge in [-0.15, -0.1) is 0 Å². The molecule has 1 aromatic rings. The maximum Gasteiger partial charge on any atom is 0.0882 e. The van der Waals surface area contributed by atoms with Gasteiger partial charge in [0.15, 0.2) is 0 Å². The molecule has 0 heterocycles. The molecule has 0 aliphatic rings. The molecule has 104 valence electrons. The third kappa shape index (κ3) is 6.05. The second kappa shape index (κ2) is 8.76. The molecule has 0 amide bonds. The molecule has 0 aliphatic heterocycles. The lowest BCUT2D eigenvalue weighted by Crippen LogP contribution is -2.21. The Balaban J connectivity index is 0.000000873. The number of benzene rings is 1. The van der Waals surface area contributed by atoms with Crippen molar-refractivity contribution in [2.45, 2.75) is 45.6 Å². The highest BCUT2D eigenvalue weighted by atomic mass is 35.5. The van der Waals surface area contributed by atoms with Gasteiger partial charge >= 0.3 is 0 Å². The third-order valence-electron chi connectivity index (χ3n) is 2.53. The lowest BCUT2D eigenvalue weighted by Gasteiger charge is -2.24. The molecule has 1 aromatic carbocycles. The van der Waals surface area contributed by atoms with Gasteiger partial charge in [0.25, 0.3) is 0 Å². The Hall–Kier alpha value is -0.280. The smallest absolute Gasteiger partial charge is 0.0882 e. The van der Waals surface area contributed by atoms with E-state index in [4.69, 9.17) is 28.3 Å². The van der Waals surface area contributed by atoms with E-state index < -0.39 is 5.60 Å². The van der Waals surface area contributed by atoms with Crippen LogP contribution in [0.25, 0.3) is 0 Å². The molecule has 0 radical (unpaired) electrons. The Morgan fingerprint density at radius 2 is 1.78 bits per heavy atom. The number of aliphatic hydroxyl groups is 2. The normalized spacial score (nSPS) is 13.5. The number of hydrogen-bond donors (Lipinski definition) is 2. The van der Waals surface area contributed by atoms with Crippen LogP contribution in [0, 0.1) is 0 Å². The zero-order valence-electron chi connectivity index (χ0n) is 11.2. The number of unbranched alkanes of at least 4 members (excludes halogenated alkanes) is 1. The second-order valence-electron chi connectivity index (χ2n) is 4.32. The zero-order chi connectivity index (χ0) is 14.2. The molecule has 0 aromatic heterocycles. The Morgan fingerprint density at radius 3 is 2.22 bits per heavy atom. The van der Waals surface area contributed by atoms with Gasteiger partial charge in [-0.1, -0.05) is 49.0 Å². The maximum atomic E-state index is 10.3. The summed E-state index contributed by atoms with van der Waals surface area (Å²) in [5, 5.41) is 19.0. The molecule has 0 bridgehead atoms. The van der Waals surface area contributed by atoms with Gasteiger partial charge in [-0.2, -0.15) is 0 Å². The molecule has 0 aliphatic carbocycles. The average molecular weight is 293 g/mol. The Bertz CT molecular complexity index is 352. The van der Waals surface area contributed by atoms with E-state index in [9.17, 15) is 5.11 Å². The second-order valence-corrected chi connectivity index (χ2v) is 5.16. The van der Waals surface area contributed by atoms with Gasteiger partial charge in [0.1, 0.15) is 0 Å². The molecule has 0 saturated carbocycles. The fourth-order valence-electron chi connectivity index (χ4n) is 1.58. The summed E-state index contributed by atoms with van der Waals surface area (Å²) in [5.74, 6) is 0. The standard InChI is InChI=1S/C12H16Cl2O.C2H6O/c1-3-4-7-12(2,15)10-6-5-9(13)8-11(10)14;1-2-3/h5-6,8,15H,3-4,7H2,1-2H3;3H,2H2,1H3. The minimum atomic E-state index is -0.863. The highest BCUT2D eigenvalue weighted by molar-refractivity contribution is 6.35. The van der Waals surface area contributed by atoms with Crippen molar-refractivity contribution in [1.29, 1.82) is 0 Å². The fraction of sp³-hybridized carbons (Fsp3) is 0.571. The number of aliphatic hydroxyl groups excluding tert-OH is 1. The van der Waals surface area contributed by atoms with E-state index in [-0.39, 0.29) is 6.61 Å². The van der Waals surface area contributed by atoms with Gasteiger partial charge in [-0.05, 0) is 32.4 Å². The van der Waals surface area contributed by atoms with Crippen LogP contribution in [-0.2, 0) is 5.60 Å². The molecule has 1 rings (SSSR count). The van der Waals surface area contributed by atoms with Crippen LogP contribution < -0.4 is 0 Å². The van der Waals surface area contributed by atoms with Crippen molar-refractivity contribution in [3.63, 3.8) is 0 Å². The molecule has 0 spiro atoms. The van der Waals surface area contributed by atoms with Gasteiger partial charge in [0.05, 0.1) is 5.60 Å². The lowest BCUT2D eigenvalue weighted by molar-refractivity contribution is 0.0455. The largest absolute Gasteiger partial charge is 0.397 e. The molecule has 2 nitrogen and oxygen atoms in total. The lowest BCUT2D eigenvalue weighted by atomic mass is 9.90. The van der Waals surface area contributed by atoms with Crippen LogP contribution in [0.3, 0.4) is 0 Å². The summed E-state index contributed by atoms with van der Waals surface area (Å²) in [5.41, 5.74) is -0.112. The third-order valence-corrected chi connectivity index (χ3v) is 3.08. The van der Waals surface area contributed by atoms with Crippen molar-refractivity contribution in [3.8, 4) is 0 Å². The van der Waals surface area contributed by atoms with Gasteiger partial charge in [0, 0.05) is 22.2 Å². The van der Waals surface area contributed by atoms with Gasteiger partial charge in [-0.3, -0.25) is 0 Å². The predicted octanol–water partition coefficient (Wildman–Crippen LogP) is 4.39. The average Bonchev–Trinajstić information content (AvgIpc) is 2.27. The highest BCUT2D eigenvalue weighted by Gasteiger charge is 2.24. The first kappa shape index (κ1) is 17.7. The number of rotatable bonds is 4. The molecular formula is C14H22Cl2O2. The van der Waals surface area contributed by atoms with Crippen molar-refractivity contribution in [2.24, 2.45) is 0 Å². The van der Waals surface area contributed by atoms with Crippen molar-refractivity contribution < 1.29 is 10.2 Å². The van der Waals surface area contributed by atoms with Crippen LogP contribution in [0.1, 0.15) is 45.6 Å². The summed E-state index contributed by atoms with van der Waals surface area (Å²) in [4.78, 5) is 0. The van der Waals surface area contributed by atoms with E-state index in [0.29, 0.717) is 16.5 Å². The van der Waals surface area contributed by atoms with E-state index in [1.54, 1.807) is 32.0 Å². The van der Waals surface area contributed by atoms with Crippen molar-refractivity contribution >= 4 is 23.2 Å². The number of halogens is 2. The van der Waals surface area contributed by atoms with Crippen molar-refractivity contribution in [2.75, 3.05) is 6.61 Å². The van der Waals surface area contributed by atoms with Crippen molar-refractivity contribution in [3.05, 3.63) is 33.8 Å². The van der Waals surface area contributed by atoms with Crippen LogP contribution >= 0.6 is 23.2 Å². The Labute approximate surface area is 120 Å². The molecular weight excluding hydrogens is 271 g/mol. The van der Waals surface area contributed by atoms with E-state index in [1.165, 1.54) is 0 Å². The first-order valence-electron chi connectivity index (χ1n) is 6.17. The van der Waals surface area contributed by atoms with Crippen LogP contribution in [0.2, 0.25) is 10.0 Å². The maximum absolute atomic E-state index is 10.3. The van der Waals surface area contributed by atoms with Crippen LogP contribution in [0.4, 0.5) is 0 Å². The minimum absolute atomic E-state index is 0.250. The molecule has 18 heavy (non-hydrogen) atoms. The SMILES string of the molecule is CCCCC(C)(O)c1ccc(Cl)cc1Cl.CCO. The molecule has 0 fully saturated rings. The first-order valence-corrected chi connectivity index (χ1v) is 6.93. The zero-order valence-corrected chi connectivity index (χ0v) is 12.7. The quantitative estimate of drug-likeness (QED) is 0.864. The molecule has 0 saturated heterocycles. The molecule has 1 atom stereocenters. The summed E-state index contributed by atoms with van der Waals surface area (Å²) in [6.07, 6.45) is 2.75. The topological polar surface area (TPSA) is 40.5 Å². The van der Waals surface area contributed by atoms with E-state index in [0.717, 1.165) is 18.4 Å². The molecule has 4 heteroatoms. The monoisotopic (exact) mass is 292 g/mol. The minimum Gasteiger partial charge on any atom is -0.397 e. The summed E-state index contributed by atoms with van der Waals surface area (Å²) in [6, 6.07) is 5.21. The summed E-state index contributed by atoms with van der Waals surface area (Å²) in [7, 11) is 0.